The Kier molecular flexibility index (Phi) is 7.93. The fraction of sp³-hybridized carbons (Fsp3) is 0.241. The van der Waals surface area contributed by atoms with Crippen molar-refractivity contribution in [3.8, 4) is 5.75 Å². The van der Waals surface area contributed by atoms with Gasteiger partial charge in [-0.05, 0) is 73.0 Å². The van der Waals surface area contributed by atoms with Gasteiger partial charge in [-0.15, -0.1) is 0 Å². The lowest BCUT2D eigenvalue weighted by Gasteiger charge is -2.22. The minimum Gasteiger partial charge on any atom is -0.484 e. The second-order valence-corrected chi connectivity index (χ2v) is 10.1. The largest absolute Gasteiger partial charge is 0.484 e. The number of fused-ring (bicyclic) bond motifs is 1. The van der Waals surface area contributed by atoms with Gasteiger partial charge in [0.2, 0.25) is 0 Å². The number of carbonyl (C=O) groups is 1. The highest BCUT2D eigenvalue weighted by Gasteiger charge is 2.22. The fourth-order valence-electron chi connectivity index (χ4n) is 4.57. The minimum absolute atomic E-state index is 0.103. The van der Waals surface area contributed by atoms with Crippen molar-refractivity contribution in [1.82, 2.24) is 9.66 Å². The molecule has 1 amide bonds. The van der Waals surface area contributed by atoms with Gasteiger partial charge >= 0.3 is 0 Å². The summed E-state index contributed by atoms with van der Waals surface area (Å²) in [5.41, 5.74) is 1.33. The van der Waals surface area contributed by atoms with E-state index in [2.05, 4.69) is 26.3 Å². The Morgan fingerprint density at radius 2 is 1.87 bits per heavy atom. The van der Waals surface area contributed by atoms with Crippen molar-refractivity contribution >= 4 is 44.6 Å². The van der Waals surface area contributed by atoms with Crippen LogP contribution in [0.4, 0.5) is 10.1 Å². The molecule has 9 heteroatoms. The molecule has 0 unspecified atom stereocenters. The van der Waals surface area contributed by atoms with Gasteiger partial charge in [0.1, 0.15) is 17.4 Å². The van der Waals surface area contributed by atoms with Gasteiger partial charge in [-0.25, -0.2) is 9.37 Å². The van der Waals surface area contributed by atoms with Crippen LogP contribution in [-0.2, 0) is 4.79 Å². The van der Waals surface area contributed by atoms with Crippen LogP contribution >= 0.6 is 15.9 Å². The van der Waals surface area contributed by atoms with Gasteiger partial charge in [-0.1, -0.05) is 47.3 Å². The van der Waals surface area contributed by atoms with Crippen LogP contribution in [0.2, 0.25) is 0 Å². The number of hydrogen-bond acceptors (Lipinski definition) is 5. The van der Waals surface area contributed by atoms with Crippen LogP contribution < -0.4 is 15.6 Å². The van der Waals surface area contributed by atoms with Crippen molar-refractivity contribution in [1.29, 1.82) is 0 Å². The van der Waals surface area contributed by atoms with Gasteiger partial charge in [-0.2, -0.15) is 9.78 Å². The van der Waals surface area contributed by atoms with Gasteiger partial charge in [-0.3, -0.25) is 9.59 Å². The van der Waals surface area contributed by atoms with E-state index in [9.17, 15) is 14.0 Å². The molecule has 5 rings (SSSR count). The molecule has 7 nitrogen and oxygen atoms in total. The third-order valence-corrected chi connectivity index (χ3v) is 7.02. The van der Waals surface area contributed by atoms with Crippen molar-refractivity contribution in [3.05, 3.63) is 98.8 Å². The van der Waals surface area contributed by atoms with E-state index in [4.69, 9.17) is 9.72 Å². The third-order valence-electron chi connectivity index (χ3n) is 6.52. The number of nitrogens with zero attached hydrogens (tertiary/aromatic N) is 3. The quantitative estimate of drug-likeness (QED) is 0.264. The molecule has 0 aliphatic heterocycles. The first-order valence-corrected chi connectivity index (χ1v) is 13.3. The van der Waals surface area contributed by atoms with E-state index in [0.717, 1.165) is 35.7 Å². The van der Waals surface area contributed by atoms with Crippen molar-refractivity contribution < 1.29 is 13.9 Å². The van der Waals surface area contributed by atoms with Crippen LogP contribution in [0.5, 0.6) is 5.75 Å². The molecule has 1 heterocycles. The lowest BCUT2D eigenvalue weighted by atomic mass is 9.88. The summed E-state index contributed by atoms with van der Waals surface area (Å²) in [6.07, 6.45) is 7.02. The zero-order chi connectivity index (χ0) is 26.5. The molecule has 0 radical (unpaired) electrons. The van der Waals surface area contributed by atoms with Crippen LogP contribution in [-0.4, -0.2) is 28.4 Å². The Balaban J connectivity index is 1.32. The first kappa shape index (κ1) is 25.8. The van der Waals surface area contributed by atoms with Gasteiger partial charge in [0.25, 0.3) is 11.5 Å². The van der Waals surface area contributed by atoms with Crippen LogP contribution in [0.15, 0.2) is 81.1 Å². The summed E-state index contributed by atoms with van der Waals surface area (Å²) in [5.74, 6) is 0.382. The molecule has 1 aliphatic rings. The summed E-state index contributed by atoms with van der Waals surface area (Å²) >= 11 is 3.44. The maximum absolute atomic E-state index is 13.7. The number of nitrogens with one attached hydrogen (secondary N) is 1. The van der Waals surface area contributed by atoms with E-state index >= 15 is 0 Å². The van der Waals surface area contributed by atoms with Gasteiger partial charge < -0.3 is 10.1 Å². The van der Waals surface area contributed by atoms with E-state index in [0.29, 0.717) is 22.5 Å². The third kappa shape index (κ3) is 5.99. The monoisotopic (exact) mass is 576 g/mol. The Morgan fingerprint density at radius 3 is 2.63 bits per heavy atom. The summed E-state index contributed by atoms with van der Waals surface area (Å²) in [6.45, 7) is -0.264. The minimum atomic E-state index is -0.510. The average molecular weight is 577 g/mol. The van der Waals surface area contributed by atoms with E-state index in [-0.39, 0.29) is 23.8 Å². The Bertz CT molecular complexity index is 1550. The highest BCUT2D eigenvalue weighted by atomic mass is 79.9. The van der Waals surface area contributed by atoms with Crippen molar-refractivity contribution in [2.45, 2.75) is 38.0 Å². The zero-order valence-corrected chi connectivity index (χ0v) is 22.2. The Morgan fingerprint density at radius 1 is 1.11 bits per heavy atom. The molecule has 38 heavy (non-hydrogen) atoms. The number of hydrogen-bond donors (Lipinski definition) is 1. The highest BCUT2D eigenvalue weighted by Crippen LogP contribution is 2.32. The molecule has 1 aliphatic carbocycles. The molecule has 1 fully saturated rings. The first-order chi connectivity index (χ1) is 18.5. The molecule has 3 aromatic carbocycles. The average Bonchev–Trinajstić information content (AvgIpc) is 2.94. The number of amides is 1. The smallest absolute Gasteiger partial charge is 0.282 e. The number of para-hydroxylation sites is 1. The van der Waals surface area contributed by atoms with Gasteiger partial charge in [0.05, 0.1) is 22.8 Å². The summed E-state index contributed by atoms with van der Waals surface area (Å²) < 4.78 is 21.5. The number of carbonyl (C=O) groups excluding carboxylic acids is 1. The predicted octanol–water partition coefficient (Wildman–Crippen LogP) is 6.25. The molecule has 1 aromatic heterocycles. The van der Waals surface area contributed by atoms with Gasteiger partial charge in [0.15, 0.2) is 6.61 Å². The van der Waals surface area contributed by atoms with Crippen molar-refractivity contribution in [2.24, 2.45) is 5.10 Å². The second kappa shape index (κ2) is 11.7. The molecule has 194 valence electrons. The normalized spacial score (nSPS) is 14.2. The molecule has 0 spiro atoms. The molecule has 1 saturated carbocycles. The second-order valence-electron chi connectivity index (χ2n) is 9.21. The van der Waals surface area contributed by atoms with E-state index < -0.39 is 11.7 Å². The molecular formula is C29H26BrFN4O3. The van der Waals surface area contributed by atoms with E-state index in [1.54, 1.807) is 48.7 Å². The maximum Gasteiger partial charge on any atom is 0.282 e. The molecule has 4 aromatic rings. The first-order valence-electron chi connectivity index (χ1n) is 12.5. The van der Waals surface area contributed by atoms with Crippen molar-refractivity contribution in [2.75, 3.05) is 11.9 Å². The lowest BCUT2D eigenvalue weighted by Crippen LogP contribution is -2.25. The topological polar surface area (TPSA) is 85.6 Å². The number of halogens is 2. The van der Waals surface area contributed by atoms with Crippen LogP contribution in [0, 0.1) is 5.82 Å². The number of anilines is 1. The van der Waals surface area contributed by atoms with Crippen molar-refractivity contribution in [3.63, 3.8) is 0 Å². The fourth-order valence-corrected chi connectivity index (χ4v) is 4.94. The number of rotatable bonds is 7. The predicted molar refractivity (Wildman–Crippen MR) is 149 cm³/mol. The SMILES string of the molecule is O=C(COc1ccc(C=Nn2c(C3CCCCC3)nc3ccc(Br)cc3c2=O)cc1)Nc1ccccc1F. The summed E-state index contributed by atoms with van der Waals surface area (Å²) in [4.78, 5) is 30.4. The van der Waals surface area contributed by atoms with Crippen LogP contribution in [0.3, 0.4) is 0 Å². The molecule has 0 atom stereocenters. The summed E-state index contributed by atoms with van der Waals surface area (Å²) in [5, 5.41) is 7.54. The number of benzene rings is 3. The summed E-state index contributed by atoms with van der Waals surface area (Å²) in [6, 6.07) is 18.4. The molecule has 0 saturated heterocycles. The molecule has 0 bridgehead atoms. The Labute approximate surface area is 227 Å². The number of aromatic nitrogens is 2. The highest BCUT2D eigenvalue weighted by molar-refractivity contribution is 9.10. The van der Waals surface area contributed by atoms with Crippen LogP contribution in [0.1, 0.15) is 49.4 Å². The lowest BCUT2D eigenvalue weighted by molar-refractivity contribution is -0.118. The van der Waals surface area contributed by atoms with Gasteiger partial charge in [0, 0.05) is 10.4 Å². The Hall–Kier alpha value is -3.85. The number of ether oxygens (including phenoxy) is 1. The molecular weight excluding hydrogens is 551 g/mol. The standard InChI is InChI=1S/C29H26BrFN4O3/c30-21-12-15-25-23(16-21)29(37)35(28(34-25)20-6-2-1-3-7-20)32-17-19-10-13-22(14-11-19)38-18-27(36)33-26-9-5-4-8-24(26)31/h4-5,8-17,20H,1-3,6-7,18H2,(H,33,36). The maximum atomic E-state index is 13.7. The van der Waals surface area contributed by atoms with E-state index in [1.165, 1.54) is 23.2 Å². The van der Waals surface area contributed by atoms with Crippen LogP contribution in [0.25, 0.3) is 10.9 Å². The zero-order valence-electron chi connectivity index (χ0n) is 20.6. The molecule has 1 N–H and O–H groups in total. The van der Waals surface area contributed by atoms with E-state index in [1.807, 2.05) is 12.1 Å². The summed E-state index contributed by atoms with van der Waals surface area (Å²) in [7, 11) is 0.